The van der Waals surface area contributed by atoms with E-state index in [1.54, 1.807) is 20.8 Å². The second kappa shape index (κ2) is 17.4. The number of hydrogen-bond acceptors (Lipinski definition) is 8. The number of aliphatic hydroxyl groups is 2. The predicted octanol–water partition coefficient (Wildman–Crippen LogP) is 4.93. The van der Waals surface area contributed by atoms with E-state index in [9.17, 15) is 19.8 Å². The molecular formula is C39H51N3O6S. The molecule has 5 atom stereocenters. The first kappa shape index (κ1) is 36.7. The minimum absolute atomic E-state index is 0.0793. The van der Waals surface area contributed by atoms with Gasteiger partial charge in [-0.1, -0.05) is 66.7 Å². The Morgan fingerprint density at radius 2 is 1.61 bits per heavy atom. The first-order valence-electron chi connectivity index (χ1n) is 17.3. The maximum Gasteiger partial charge on any atom is 0.407 e. The summed E-state index contributed by atoms with van der Waals surface area (Å²) in [6.07, 6.45) is -1.20. The summed E-state index contributed by atoms with van der Waals surface area (Å²) in [6.45, 7) is 9.04. The highest BCUT2D eigenvalue weighted by Crippen LogP contribution is 2.32. The summed E-state index contributed by atoms with van der Waals surface area (Å²) in [5, 5.41) is 28.6. The van der Waals surface area contributed by atoms with Crippen molar-refractivity contribution >= 4 is 23.8 Å². The molecule has 5 rings (SSSR count). The van der Waals surface area contributed by atoms with Gasteiger partial charge < -0.3 is 30.3 Å². The summed E-state index contributed by atoms with van der Waals surface area (Å²) in [4.78, 5) is 29.4. The number of nitrogens with one attached hydrogen (secondary N) is 2. The number of ether oxygens (including phenoxy) is 2. The quantitative estimate of drug-likeness (QED) is 0.188. The van der Waals surface area contributed by atoms with Crippen LogP contribution in [0.15, 0.2) is 78.9 Å². The van der Waals surface area contributed by atoms with Crippen molar-refractivity contribution in [3.05, 3.63) is 101 Å². The number of amides is 2. The van der Waals surface area contributed by atoms with Gasteiger partial charge in [-0.15, -0.1) is 0 Å². The minimum atomic E-state index is -1.07. The lowest BCUT2D eigenvalue weighted by Gasteiger charge is -2.30. The number of alkyl carbamates (subject to hydrolysis) is 1. The third-order valence-electron chi connectivity index (χ3n) is 9.05. The van der Waals surface area contributed by atoms with E-state index >= 15 is 0 Å². The first-order valence-corrected chi connectivity index (χ1v) is 18.5. The molecule has 1 aliphatic heterocycles. The third kappa shape index (κ3) is 11.2. The topological polar surface area (TPSA) is 120 Å². The van der Waals surface area contributed by atoms with Crippen LogP contribution in [0.5, 0.6) is 5.75 Å². The molecule has 3 aromatic rings. The van der Waals surface area contributed by atoms with Crippen LogP contribution in [0.3, 0.4) is 0 Å². The van der Waals surface area contributed by atoms with Gasteiger partial charge in [-0.2, -0.15) is 11.8 Å². The maximum atomic E-state index is 14.1. The zero-order valence-electron chi connectivity index (χ0n) is 28.8. The highest BCUT2D eigenvalue weighted by Gasteiger charge is 2.35. The van der Waals surface area contributed by atoms with Crippen molar-refractivity contribution in [3.8, 4) is 5.75 Å². The Morgan fingerprint density at radius 1 is 0.939 bits per heavy atom. The number of rotatable bonds is 14. The Labute approximate surface area is 294 Å². The predicted molar refractivity (Wildman–Crippen MR) is 194 cm³/mol. The molecule has 49 heavy (non-hydrogen) atoms. The van der Waals surface area contributed by atoms with Crippen LogP contribution >= 0.6 is 11.8 Å². The molecule has 0 saturated carbocycles. The van der Waals surface area contributed by atoms with E-state index < -0.39 is 41.9 Å². The largest absolute Gasteiger partial charge is 0.492 e. The van der Waals surface area contributed by atoms with Gasteiger partial charge in [0.1, 0.15) is 18.0 Å². The molecule has 0 aromatic heterocycles. The molecule has 264 valence electrons. The minimum Gasteiger partial charge on any atom is -0.492 e. The van der Waals surface area contributed by atoms with E-state index in [-0.39, 0.29) is 12.3 Å². The molecule has 1 heterocycles. The van der Waals surface area contributed by atoms with E-state index in [2.05, 4.69) is 15.5 Å². The van der Waals surface area contributed by atoms with Crippen molar-refractivity contribution in [3.63, 3.8) is 0 Å². The van der Waals surface area contributed by atoms with E-state index in [1.807, 2.05) is 90.6 Å². The normalized spacial score (nSPS) is 19.7. The van der Waals surface area contributed by atoms with Crippen LogP contribution in [0.25, 0.3) is 0 Å². The van der Waals surface area contributed by atoms with E-state index in [4.69, 9.17) is 9.47 Å². The molecule has 2 amide bonds. The molecule has 3 aromatic carbocycles. The lowest BCUT2D eigenvalue weighted by molar-refractivity contribution is -0.127. The third-order valence-corrected chi connectivity index (χ3v) is 9.99. The monoisotopic (exact) mass is 689 g/mol. The van der Waals surface area contributed by atoms with Crippen molar-refractivity contribution in [2.45, 2.75) is 76.3 Å². The SMILES string of the molecule is CC(C)(C)OC(=O)N[C@@H](Cc1ccccc1)[C@@H](O)C[C@H](Cc1ccc(OCCN2CCSCC2)cc1)C(=O)NC1c2ccccc2C[C@H]1O. The smallest absolute Gasteiger partial charge is 0.407 e. The molecule has 2 aliphatic rings. The summed E-state index contributed by atoms with van der Waals surface area (Å²) < 4.78 is 11.6. The van der Waals surface area contributed by atoms with Gasteiger partial charge in [0.2, 0.25) is 5.91 Å². The van der Waals surface area contributed by atoms with Crippen LogP contribution in [0.4, 0.5) is 4.79 Å². The van der Waals surface area contributed by atoms with Crippen LogP contribution in [-0.2, 0) is 28.8 Å². The molecule has 1 unspecified atom stereocenters. The van der Waals surface area contributed by atoms with Gasteiger partial charge in [0, 0.05) is 43.5 Å². The fourth-order valence-corrected chi connectivity index (χ4v) is 7.47. The van der Waals surface area contributed by atoms with Crippen LogP contribution < -0.4 is 15.4 Å². The van der Waals surface area contributed by atoms with E-state index in [1.165, 1.54) is 0 Å². The van der Waals surface area contributed by atoms with Crippen molar-refractivity contribution in [1.29, 1.82) is 0 Å². The molecule has 1 aliphatic carbocycles. The van der Waals surface area contributed by atoms with E-state index in [0.717, 1.165) is 59.1 Å². The fourth-order valence-electron chi connectivity index (χ4n) is 6.49. The molecule has 0 radical (unpaired) electrons. The Hall–Kier alpha value is -3.57. The number of fused-ring (bicyclic) bond motifs is 1. The van der Waals surface area contributed by atoms with Gasteiger partial charge in [0.25, 0.3) is 0 Å². The lowest BCUT2D eigenvalue weighted by Crippen LogP contribution is -2.48. The van der Waals surface area contributed by atoms with Crippen molar-refractivity contribution in [2.24, 2.45) is 5.92 Å². The van der Waals surface area contributed by atoms with Crippen LogP contribution in [0.2, 0.25) is 0 Å². The first-order chi connectivity index (χ1) is 23.5. The molecule has 4 N–H and O–H groups in total. The number of benzene rings is 3. The van der Waals surface area contributed by atoms with Gasteiger partial charge in [-0.25, -0.2) is 4.79 Å². The molecule has 10 heteroatoms. The van der Waals surface area contributed by atoms with Crippen LogP contribution in [0, 0.1) is 5.92 Å². The molecule has 1 saturated heterocycles. The lowest BCUT2D eigenvalue weighted by atomic mass is 9.88. The fraction of sp³-hybridized carbons (Fsp3) is 0.487. The number of carbonyl (C=O) groups excluding carboxylic acids is 2. The van der Waals surface area contributed by atoms with Crippen LogP contribution in [0.1, 0.15) is 55.5 Å². The maximum absolute atomic E-state index is 14.1. The Bertz CT molecular complexity index is 1490. The average Bonchev–Trinajstić information content (AvgIpc) is 3.39. The standard InChI is InChI=1S/C39H51N3O6S/c1-39(2,3)48-38(46)40-33(24-27-9-5-4-6-10-27)34(43)26-30(37(45)41-36-32-12-8-7-11-29(32)25-35(36)44)23-28-13-15-31(16-14-28)47-20-17-42-18-21-49-22-19-42/h4-16,30,33-36,43-44H,17-26H2,1-3H3,(H,40,46)(H,41,45)/t30-,33-,34-,35+,36?/m0/s1. The number of aliphatic hydroxyl groups excluding tert-OH is 2. The number of hydrogen-bond donors (Lipinski definition) is 4. The zero-order chi connectivity index (χ0) is 34.8. The Balaban J connectivity index is 1.31. The van der Waals surface area contributed by atoms with Crippen molar-refractivity contribution in [1.82, 2.24) is 15.5 Å². The second-order valence-electron chi connectivity index (χ2n) is 14.0. The van der Waals surface area contributed by atoms with E-state index in [0.29, 0.717) is 25.9 Å². The molecule has 1 fully saturated rings. The Kier molecular flexibility index (Phi) is 13.0. The van der Waals surface area contributed by atoms with Gasteiger partial charge in [0.05, 0.1) is 24.3 Å². The summed E-state index contributed by atoms with van der Waals surface area (Å²) in [5.74, 6) is 2.17. The van der Waals surface area contributed by atoms with Crippen molar-refractivity contribution < 1.29 is 29.3 Å². The Morgan fingerprint density at radius 3 is 2.33 bits per heavy atom. The van der Waals surface area contributed by atoms with Crippen molar-refractivity contribution in [2.75, 3.05) is 37.7 Å². The molecular weight excluding hydrogens is 639 g/mol. The number of thioether (sulfide) groups is 1. The highest BCUT2D eigenvalue weighted by atomic mass is 32.2. The summed E-state index contributed by atoms with van der Waals surface area (Å²) >= 11 is 1.99. The zero-order valence-corrected chi connectivity index (χ0v) is 29.7. The van der Waals surface area contributed by atoms with Gasteiger partial charge in [0.15, 0.2) is 0 Å². The molecule has 0 bridgehead atoms. The number of nitrogens with zero attached hydrogens (tertiary/aromatic N) is 1. The highest BCUT2D eigenvalue weighted by molar-refractivity contribution is 7.99. The van der Waals surface area contributed by atoms with Gasteiger partial charge in [-0.05, 0) is 74.4 Å². The molecule has 0 spiro atoms. The summed E-state index contributed by atoms with van der Waals surface area (Å²) in [5.41, 5.74) is 3.05. The average molecular weight is 690 g/mol. The summed E-state index contributed by atoms with van der Waals surface area (Å²) in [7, 11) is 0. The van der Waals surface area contributed by atoms with Gasteiger partial charge >= 0.3 is 6.09 Å². The molecule has 9 nitrogen and oxygen atoms in total. The van der Waals surface area contributed by atoms with Crippen LogP contribution in [-0.4, -0.2) is 88.7 Å². The number of carbonyl (C=O) groups is 2. The van der Waals surface area contributed by atoms with Gasteiger partial charge in [-0.3, -0.25) is 9.69 Å². The second-order valence-corrected chi connectivity index (χ2v) is 15.3. The summed E-state index contributed by atoms with van der Waals surface area (Å²) in [6, 6.07) is 23.9.